The third-order valence-electron chi connectivity index (χ3n) is 2.58. The Morgan fingerprint density at radius 3 is 2.53 bits per heavy atom. The first-order chi connectivity index (χ1) is 7.13. The maximum Gasteiger partial charge on any atom is 0.169 e. The predicted molar refractivity (Wildman–Crippen MR) is 66.1 cm³/mol. The number of nitrogens with one attached hydrogen (secondary N) is 1. The van der Waals surface area contributed by atoms with E-state index in [1.807, 2.05) is 0 Å². The molecule has 1 aliphatic heterocycles. The Bertz CT molecular complexity index is 205. The number of thiocarbonyl (C=S) groups is 1. The van der Waals surface area contributed by atoms with Gasteiger partial charge in [0.15, 0.2) is 5.11 Å². The third-order valence-corrected chi connectivity index (χ3v) is 2.95. The van der Waals surface area contributed by atoms with E-state index < -0.39 is 0 Å². The molecule has 15 heavy (non-hydrogen) atoms. The summed E-state index contributed by atoms with van der Waals surface area (Å²) in [6.07, 6.45) is 0. The fourth-order valence-electron chi connectivity index (χ4n) is 1.60. The molecule has 1 heterocycles. The summed E-state index contributed by atoms with van der Waals surface area (Å²) in [7, 11) is 3.85. The Labute approximate surface area is 97.6 Å². The standard InChI is InChI=1S/C10H21N3OS/c1-9(8-14-3)11-10(15)13-6-4-12(2)5-7-13/h9H,4-8H2,1-3H3,(H,11,15). The van der Waals surface area contributed by atoms with Crippen molar-refractivity contribution >= 4 is 17.3 Å². The van der Waals surface area contributed by atoms with Gasteiger partial charge in [-0.25, -0.2) is 0 Å². The molecule has 0 aromatic carbocycles. The lowest BCUT2D eigenvalue weighted by Crippen LogP contribution is -2.52. The largest absolute Gasteiger partial charge is 0.383 e. The quantitative estimate of drug-likeness (QED) is 0.698. The van der Waals surface area contributed by atoms with Crippen LogP contribution < -0.4 is 5.32 Å². The summed E-state index contributed by atoms with van der Waals surface area (Å²) < 4.78 is 5.06. The maximum absolute atomic E-state index is 5.34. The summed E-state index contributed by atoms with van der Waals surface area (Å²) in [4.78, 5) is 4.54. The average Bonchev–Trinajstić information content (AvgIpc) is 2.18. The molecule has 0 bridgehead atoms. The third kappa shape index (κ3) is 4.32. The molecule has 4 nitrogen and oxygen atoms in total. The van der Waals surface area contributed by atoms with Crippen LogP contribution in [-0.4, -0.2) is 67.9 Å². The number of hydrogen-bond acceptors (Lipinski definition) is 3. The Morgan fingerprint density at radius 2 is 2.00 bits per heavy atom. The molecule has 1 atom stereocenters. The second-order valence-electron chi connectivity index (χ2n) is 4.10. The zero-order valence-corrected chi connectivity index (χ0v) is 10.6. The van der Waals surface area contributed by atoms with Crippen molar-refractivity contribution in [3.63, 3.8) is 0 Å². The van der Waals surface area contributed by atoms with Gasteiger partial charge in [0.1, 0.15) is 0 Å². The van der Waals surface area contributed by atoms with Crippen molar-refractivity contribution < 1.29 is 4.74 Å². The Hall–Kier alpha value is -0.390. The van der Waals surface area contributed by atoms with E-state index in [1.165, 1.54) is 0 Å². The van der Waals surface area contributed by atoms with Crippen molar-refractivity contribution in [1.29, 1.82) is 0 Å². The molecule has 0 aromatic rings. The predicted octanol–water partition coefficient (Wildman–Crippen LogP) is 0.143. The van der Waals surface area contributed by atoms with Crippen molar-refractivity contribution in [2.75, 3.05) is 46.9 Å². The van der Waals surface area contributed by atoms with Gasteiger partial charge >= 0.3 is 0 Å². The van der Waals surface area contributed by atoms with Gasteiger partial charge in [-0.1, -0.05) is 0 Å². The highest BCUT2D eigenvalue weighted by Crippen LogP contribution is 2.00. The second kappa shape index (κ2) is 6.25. The molecule has 1 rings (SSSR count). The normalized spacial score (nSPS) is 20.1. The van der Waals surface area contributed by atoms with Crippen LogP contribution in [-0.2, 0) is 4.74 Å². The lowest BCUT2D eigenvalue weighted by atomic mass is 10.3. The van der Waals surface area contributed by atoms with E-state index in [1.54, 1.807) is 7.11 Å². The lowest BCUT2D eigenvalue weighted by Gasteiger charge is -2.35. The summed E-state index contributed by atoms with van der Waals surface area (Å²) in [6.45, 7) is 6.96. The van der Waals surface area contributed by atoms with E-state index >= 15 is 0 Å². The first kappa shape index (κ1) is 12.7. The molecule has 1 aliphatic rings. The molecule has 1 saturated heterocycles. The molecule has 1 unspecified atom stereocenters. The smallest absolute Gasteiger partial charge is 0.169 e. The van der Waals surface area contributed by atoms with Crippen LogP contribution >= 0.6 is 12.2 Å². The van der Waals surface area contributed by atoms with Crippen molar-refractivity contribution in [2.24, 2.45) is 0 Å². The second-order valence-corrected chi connectivity index (χ2v) is 4.48. The van der Waals surface area contributed by atoms with Crippen LogP contribution in [0.2, 0.25) is 0 Å². The van der Waals surface area contributed by atoms with Gasteiger partial charge in [-0.2, -0.15) is 0 Å². The van der Waals surface area contributed by atoms with Crippen molar-refractivity contribution in [2.45, 2.75) is 13.0 Å². The van der Waals surface area contributed by atoms with Gasteiger partial charge in [0.2, 0.25) is 0 Å². The Kier molecular flexibility index (Phi) is 5.28. The van der Waals surface area contributed by atoms with E-state index in [0.29, 0.717) is 6.61 Å². The van der Waals surface area contributed by atoms with Crippen LogP contribution in [0.25, 0.3) is 0 Å². The SMILES string of the molecule is COCC(C)NC(=S)N1CCN(C)CC1. The van der Waals surface area contributed by atoms with Crippen LogP contribution in [0.4, 0.5) is 0 Å². The number of hydrogen-bond donors (Lipinski definition) is 1. The summed E-state index contributed by atoms with van der Waals surface area (Å²) in [5.74, 6) is 0. The van der Waals surface area contributed by atoms with Crippen molar-refractivity contribution in [1.82, 2.24) is 15.1 Å². The minimum Gasteiger partial charge on any atom is -0.383 e. The minimum atomic E-state index is 0.280. The number of piperazine rings is 1. The van der Waals surface area contributed by atoms with Gasteiger partial charge in [0.25, 0.3) is 0 Å². The zero-order valence-electron chi connectivity index (χ0n) is 9.82. The van der Waals surface area contributed by atoms with Crippen LogP contribution in [0.1, 0.15) is 6.92 Å². The molecule has 0 spiro atoms. The topological polar surface area (TPSA) is 27.7 Å². The van der Waals surface area contributed by atoms with Crippen LogP contribution in [0, 0.1) is 0 Å². The molecule has 0 aromatic heterocycles. The van der Waals surface area contributed by atoms with E-state index in [2.05, 4.69) is 29.1 Å². The highest BCUT2D eigenvalue weighted by Gasteiger charge is 2.17. The van der Waals surface area contributed by atoms with Crippen molar-refractivity contribution in [3.05, 3.63) is 0 Å². The van der Waals surface area contributed by atoms with Gasteiger partial charge < -0.3 is 19.9 Å². The van der Waals surface area contributed by atoms with Crippen molar-refractivity contribution in [3.8, 4) is 0 Å². The van der Waals surface area contributed by atoms with E-state index in [4.69, 9.17) is 17.0 Å². The molecule has 88 valence electrons. The summed E-state index contributed by atoms with van der Waals surface area (Å²) in [5.41, 5.74) is 0. The first-order valence-corrected chi connectivity index (χ1v) is 5.77. The molecular formula is C10H21N3OS. The Balaban J connectivity index is 2.27. The highest BCUT2D eigenvalue weighted by atomic mass is 32.1. The fourth-order valence-corrected chi connectivity index (χ4v) is 1.99. The molecular weight excluding hydrogens is 210 g/mol. The Morgan fingerprint density at radius 1 is 1.40 bits per heavy atom. The average molecular weight is 231 g/mol. The zero-order chi connectivity index (χ0) is 11.3. The minimum absolute atomic E-state index is 0.280. The molecule has 0 saturated carbocycles. The fraction of sp³-hybridized carbons (Fsp3) is 0.900. The number of ether oxygens (including phenoxy) is 1. The molecule has 0 radical (unpaired) electrons. The van der Waals surface area contributed by atoms with Crippen LogP contribution in [0.5, 0.6) is 0 Å². The van der Waals surface area contributed by atoms with E-state index in [0.717, 1.165) is 31.3 Å². The van der Waals surface area contributed by atoms with E-state index in [-0.39, 0.29) is 6.04 Å². The monoisotopic (exact) mass is 231 g/mol. The summed E-state index contributed by atoms with van der Waals surface area (Å²) in [5, 5.41) is 4.13. The van der Waals surface area contributed by atoms with Gasteiger partial charge in [0, 0.05) is 39.3 Å². The van der Waals surface area contributed by atoms with Crippen LogP contribution in [0.15, 0.2) is 0 Å². The van der Waals surface area contributed by atoms with Gasteiger partial charge in [-0.15, -0.1) is 0 Å². The maximum atomic E-state index is 5.34. The summed E-state index contributed by atoms with van der Waals surface area (Å²) >= 11 is 5.34. The first-order valence-electron chi connectivity index (χ1n) is 5.36. The molecule has 1 N–H and O–H groups in total. The van der Waals surface area contributed by atoms with Crippen LogP contribution in [0.3, 0.4) is 0 Å². The molecule has 0 aliphatic carbocycles. The lowest BCUT2D eigenvalue weighted by molar-refractivity contribution is 0.174. The molecule has 1 fully saturated rings. The molecule has 0 amide bonds. The summed E-state index contributed by atoms with van der Waals surface area (Å²) in [6, 6.07) is 0.280. The van der Waals surface area contributed by atoms with Gasteiger partial charge in [-0.3, -0.25) is 0 Å². The number of methoxy groups -OCH3 is 1. The number of rotatable bonds is 3. The number of likely N-dealkylation sites (N-methyl/N-ethyl adjacent to an activating group) is 1. The van der Waals surface area contributed by atoms with E-state index in [9.17, 15) is 0 Å². The van der Waals surface area contributed by atoms with Gasteiger partial charge in [0.05, 0.1) is 6.61 Å². The van der Waals surface area contributed by atoms with Gasteiger partial charge in [-0.05, 0) is 26.2 Å². The number of nitrogens with zero attached hydrogens (tertiary/aromatic N) is 2. The highest BCUT2D eigenvalue weighted by molar-refractivity contribution is 7.80. The molecule has 5 heteroatoms.